The predicted octanol–water partition coefficient (Wildman–Crippen LogP) is 2.90. The van der Waals surface area contributed by atoms with Gasteiger partial charge in [0.05, 0.1) is 6.61 Å². The standard InChI is InChI=1S/C13H13ClO3/c1-9(15)17-12-6-7-13(16-8-12)10-2-4-11(14)5-3-10/h2-7,12-13H,8H2,1H3/t12-,13-/m0/s1. The van der Waals surface area contributed by atoms with Crippen LogP contribution in [0.2, 0.25) is 5.02 Å². The summed E-state index contributed by atoms with van der Waals surface area (Å²) in [5.41, 5.74) is 1.03. The SMILES string of the molecule is CC(=O)O[C@H]1C=C[C@@H](c2ccc(Cl)cc2)OC1. The number of ether oxygens (including phenoxy) is 2. The average Bonchev–Trinajstić information content (AvgIpc) is 2.30. The number of benzene rings is 1. The van der Waals surface area contributed by atoms with Gasteiger partial charge in [0.15, 0.2) is 0 Å². The van der Waals surface area contributed by atoms with Crippen LogP contribution in [0.25, 0.3) is 0 Å². The molecule has 0 radical (unpaired) electrons. The Morgan fingerprint density at radius 2 is 2.06 bits per heavy atom. The lowest BCUT2D eigenvalue weighted by Crippen LogP contribution is -2.24. The summed E-state index contributed by atoms with van der Waals surface area (Å²) in [7, 11) is 0. The zero-order chi connectivity index (χ0) is 12.3. The van der Waals surface area contributed by atoms with Gasteiger partial charge in [0, 0.05) is 11.9 Å². The third kappa shape index (κ3) is 3.32. The molecule has 1 aromatic rings. The van der Waals surface area contributed by atoms with Crippen molar-refractivity contribution >= 4 is 17.6 Å². The molecular weight excluding hydrogens is 240 g/mol. The molecule has 0 aromatic heterocycles. The first-order chi connectivity index (χ1) is 8.15. The number of rotatable bonds is 2. The molecule has 2 atom stereocenters. The first kappa shape index (κ1) is 12.1. The van der Waals surface area contributed by atoms with Crippen LogP contribution in [-0.4, -0.2) is 18.7 Å². The molecule has 17 heavy (non-hydrogen) atoms. The van der Waals surface area contributed by atoms with Crippen molar-refractivity contribution in [1.29, 1.82) is 0 Å². The molecular formula is C13H13ClO3. The highest BCUT2D eigenvalue weighted by atomic mass is 35.5. The molecule has 0 amide bonds. The highest BCUT2D eigenvalue weighted by molar-refractivity contribution is 6.30. The summed E-state index contributed by atoms with van der Waals surface area (Å²) in [4.78, 5) is 10.8. The summed E-state index contributed by atoms with van der Waals surface area (Å²) in [6.07, 6.45) is 3.36. The lowest BCUT2D eigenvalue weighted by Gasteiger charge is -2.23. The maximum Gasteiger partial charge on any atom is 0.303 e. The molecule has 1 aliphatic rings. The largest absolute Gasteiger partial charge is 0.456 e. The van der Waals surface area contributed by atoms with Crippen LogP contribution in [0, 0.1) is 0 Å². The fraction of sp³-hybridized carbons (Fsp3) is 0.308. The molecule has 0 saturated heterocycles. The van der Waals surface area contributed by atoms with E-state index in [9.17, 15) is 4.79 Å². The minimum absolute atomic E-state index is 0.0981. The molecule has 0 unspecified atom stereocenters. The normalized spacial score (nSPS) is 23.4. The van der Waals surface area contributed by atoms with E-state index in [-0.39, 0.29) is 18.2 Å². The van der Waals surface area contributed by atoms with Gasteiger partial charge in [-0.05, 0) is 23.8 Å². The summed E-state index contributed by atoms with van der Waals surface area (Å²) in [5.74, 6) is -0.298. The molecule has 2 rings (SSSR count). The van der Waals surface area contributed by atoms with E-state index in [1.165, 1.54) is 6.92 Å². The Bertz CT molecular complexity index is 425. The second-order valence-electron chi connectivity index (χ2n) is 3.84. The highest BCUT2D eigenvalue weighted by Crippen LogP contribution is 2.24. The van der Waals surface area contributed by atoms with Gasteiger partial charge in [-0.3, -0.25) is 4.79 Å². The second-order valence-corrected chi connectivity index (χ2v) is 4.27. The van der Waals surface area contributed by atoms with E-state index in [1.807, 2.05) is 36.4 Å². The third-order valence-corrected chi connectivity index (χ3v) is 2.71. The number of hydrogen-bond acceptors (Lipinski definition) is 3. The fourth-order valence-corrected chi connectivity index (χ4v) is 1.81. The van der Waals surface area contributed by atoms with Gasteiger partial charge in [-0.1, -0.05) is 29.8 Å². The van der Waals surface area contributed by atoms with Crippen molar-refractivity contribution in [1.82, 2.24) is 0 Å². The van der Waals surface area contributed by atoms with Crippen LogP contribution in [0.1, 0.15) is 18.6 Å². The van der Waals surface area contributed by atoms with Crippen molar-refractivity contribution in [2.24, 2.45) is 0 Å². The summed E-state index contributed by atoms with van der Waals surface area (Å²) in [6, 6.07) is 7.49. The van der Waals surface area contributed by atoms with Gasteiger partial charge in [-0.15, -0.1) is 0 Å². The van der Waals surface area contributed by atoms with Crippen molar-refractivity contribution in [2.75, 3.05) is 6.61 Å². The maximum absolute atomic E-state index is 10.8. The Morgan fingerprint density at radius 3 is 2.59 bits per heavy atom. The van der Waals surface area contributed by atoms with Crippen LogP contribution in [0.4, 0.5) is 0 Å². The van der Waals surface area contributed by atoms with Crippen LogP contribution in [0.5, 0.6) is 0 Å². The number of hydrogen-bond donors (Lipinski definition) is 0. The minimum Gasteiger partial charge on any atom is -0.456 e. The van der Waals surface area contributed by atoms with Gasteiger partial charge in [0.2, 0.25) is 0 Å². The number of carbonyl (C=O) groups excluding carboxylic acids is 1. The van der Waals surface area contributed by atoms with Crippen molar-refractivity contribution in [3.63, 3.8) is 0 Å². The minimum atomic E-state index is -0.298. The van der Waals surface area contributed by atoms with E-state index in [2.05, 4.69) is 0 Å². The number of esters is 1. The van der Waals surface area contributed by atoms with Gasteiger partial charge >= 0.3 is 5.97 Å². The Kier molecular flexibility index (Phi) is 3.82. The molecule has 1 aliphatic heterocycles. The number of halogens is 1. The Labute approximate surface area is 105 Å². The van der Waals surface area contributed by atoms with Gasteiger partial charge in [-0.2, -0.15) is 0 Å². The maximum atomic E-state index is 10.8. The number of carbonyl (C=O) groups is 1. The van der Waals surface area contributed by atoms with E-state index in [4.69, 9.17) is 21.1 Å². The fourth-order valence-electron chi connectivity index (χ4n) is 1.68. The van der Waals surface area contributed by atoms with Gasteiger partial charge in [0.1, 0.15) is 12.2 Å². The van der Waals surface area contributed by atoms with E-state index >= 15 is 0 Å². The van der Waals surface area contributed by atoms with Crippen LogP contribution >= 0.6 is 11.6 Å². The lowest BCUT2D eigenvalue weighted by molar-refractivity contribution is -0.148. The monoisotopic (exact) mass is 252 g/mol. The topological polar surface area (TPSA) is 35.5 Å². The molecule has 0 fully saturated rings. The lowest BCUT2D eigenvalue weighted by atomic mass is 10.1. The molecule has 0 bridgehead atoms. The van der Waals surface area contributed by atoms with Crippen molar-refractivity contribution < 1.29 is 14.3 Å². The van der Waals surface area contributed by atoms with E-state index < -0.39 is 0 Å². The third-order valence-electron chi connectivity index (χ3n) is 2.46. The molecule has 1 heterocycles. The van der Waals surface area contributed by atoms with E-state index in [0.717, 1.165) is 5.56 Å². The average molecular weight is 253 g/mol. The van der Waals surface area contributed by atoms with Gasteiger partial charge < -0.3 is 9.47 Å². The van der Waals surface area contributed by atoms with Gasteiger partial charge in [0.25, 0.3) is 0 Å². The van der Waals surface area contributed by atoms with Crippen LogP contribution in [0.15, 0.2) is 36.4 Å². The predicted molar refractivity (Wildman–Crippen MR) is 64.8 cm³/mol. The molecule has 3 nitrogen and oxygen atoms in total. The second kappa shape index (κ2) is 5.34. The Hall–Kier alpha value is -1.32. The Balaban J connectivity index is 2.02. The summed E-state index contributed by atoms with van der Waals surface area (Å²) in [5, 5.41) is 0.700. The van der Waals surface area contributed by atoms with Crippen LogP contribution < -0.4 is 0 Å². The highest BCUT2D eigenvalue weighted by Gasteiger charge is 2.19. The molecule has 90 valence electrons. The van der Waals surface area contributed by atoms with E-state index in [0.29, 0.717) is 11.6 Å². The molecule has 0 saturated carbocycles. The summed E-state index contributed by atoms with van der Waals surface area (Å²) >= 11 is 5.81. The van der Waals surface area contributed by atoms with Crippen molar-refractivity contribution in [2.45, 2.75) is 19.1 Å². The van der Waals surface area contributed by atoms with Crippen LogP contribution in [0.3, 0.4) is 0 Å². The molecule has 0 aliphatic carbocycles. The molecule has 0 N–H and O–H groups in total. The smallest absolute Gasteiger partial charge is 0.303 e. The first-order valence-electron chi connectivity index (χ1n) is 5.38. The summed E-state index contributed by atoms with van der Waals surface area (Å²) in [6.45, 7) is 1.77. The zero-order valence-corrected chi connectivity index (χ0v) is 10.2. The molecule has 4 heteroatoms. The van der Waals surface area contributed by atoms with Gasteiger partial charge in [-0.25, -0.2) is 0 Å². The quantitative estimate of drug-likeness (QED) is 0.600. The van der Waals surface area contributed by atoms with Crippen molar-refractivity contribution in [3.05, 3.63) is 47.0 Å². The zero-order valence-electron chi connectivity index (χ0n) is 9.43. The molecule has 1 aromatic carbocycles. The van der Waals surface area contributed by atoms with E-state index in [1.54, 1.807) is 0 Å². The van der Waals surface area contributed by atoms with Crippen molar-refractivity contribution in [3.8, 4) is 0 Å². The Morgan fingerprint density at radius 1 is 1.35 bits per heavy atom. The first-order valence-corrected chi connectivity index (χ1v) is 5.75. The molecule has 0 spiro atoms. The summed E-state index contributed by atoms with van der Waals surface area (Å²) < 4.78 is 10.6. The van der Waals surface area contributed by atoms with Crippen LogP contribution in [-0.2, 0) is 14.3 Å².